The molecule has 0 aliphatic rings. The van der Waals surface area contributed by atoms with Crippen LogP contribution in [0.1, 0.15) is 43.4 Å². The summed E-state index contributed by atoms with van der Waals surface area (Å²) < 4.78 is 6.26. The molecule has 0 amide bonds. The van der Waals surface area contributed by atoms with Crippen LogP contribution in [-0.4, -0.2) is 9.97 Å². The third-order valence-electron chi connectivity index (χ3n) is 4.19. The molecule has 3 rings (SSSR count). The topological polar surface area (TPSA) is 47.0 Å². The molecule has 0 bridgehead atoms. The van der Waals surface area contributed by atoms with Crippen molar-refractivity contribution in [2.24, 2.45) is 0 Å². The summed E-state index contributed by atoms with van der Waals surface area (Å²) in [5.74, 6) is 0.593. The number of unbranched alkanes of at least 4 members (excludes halogenated alkanes) is 1. The SMILES string of the molecule is CCCCC(OCc1cccc(Nc2ncccn2)c1)c1ccccc1. The van der Waals surface area contributed by atoms with Crippen molar-refractivity contribution >= 4 is 11.6 Å². The zero-order valence-corrected chi connectivity index (χ0v) is 15.1. The number of anilines is 2. The number of aromatic nitrogens is 2. The lowest BCUT2D eigenvalue weighted by Crippen LogP contribution is -2.05. The molecule has 3 aromatic rings. The maximum absolute atomic E-state index is 6.26. The van der Waals surface area contributed by atoms with Gasteiger partial charge in [0.2, 0.25) is 5.95 Å². The number of nitrogens with one attached hydrogen (secondary N) is 1. The second-order valence-corrected chi connectivity index (χ2v) is 6.25. The second-order valence-electron chi connectivity index (χ2n) is 6.25. The predicted octanol–water partition coefficient (Wildman–Crippen LogP) is 5.67. The molecule has 0 radical (unpaired) electrons. The molecule has 0 aliphatic heterocycles. The minimum Gasteiger partial charge on any atom is -0.369 e. The summed E-state index contributed by atoms with van der Waals surface area (Å²) >= 11 is 0. The van der Waals surface area contributed by atoms with E-state index in [4.69, 9.17) is 4.74 Å². The molecule has 0 saturated carbocycles. The average Bonchev–Trinajstić information content (AvgIpc) is 2.70. The molecule has 0 spiro atoms. The molecule has 1 atom stereocenters. The third kappa shape index (κ3) is 5.39. The van der Waals surface area contributed by atoms with Crippen LogP contribution in [0.3, 0.4) is 0 Å². The van der Waals surface area contributed by atoms with E-state index >= 15 is 0 Å². The Morgan fingerprint density at radius 1 is 0.962 bits per heavy atom. The first-order valence-corrected chi connectivity index (χ1v) is 9.14. The van der Waals surface area contributed by atoms with Crippen LogP contribution in [-0.2, 0) is 11.3 Å². The van der Waals surface area contributed by atoms with Gasteiger partial charge < -0.3 is 10.1 Å². The molecule has 134 valence electrons. The van der Waals surface area contributed by atoms with Gasteiger partial charge in [-0.25, -0.2) is 9.97 Å². The van der Waals surface area contributed by atoms with E-state index in [0.717, 1.165) is 24.1 Å². The van der Waals surface area contributed by atoms with Crippen molar-refractivity contribution < 1.29 is 4.74 Å². The number of hydrogen-bond acceptors (Lipinski definition) is 4. The minimum absolute atomic E-state index is 0.130. The van der Waals surface area contributed by atoms with Crippen LogP contribution in [0.5, 0.6) is 0 Å². The fourth-order valence-corrected chi connectivity index (χ4v) is 2.83. The maximum Gasteiger partial charge on any atom is 0.227 e. The van der Waals surface area contributed by atoms with Gasteiger partial charge in [0.25, 0.3) is 0 Å². The van der Waals surface area contributed by atoms with Crippen LogP contribution in [0.15, 0.2) is 73.1 Å². The molecule has 0 aliphatic carbocycles. The van der Waals surface area contributed by atoms with Gasteiger partial charge >= 0.3 is 0 Å². The largest absolute Gasteiger partial charge is 0.369 e. The Morgan fingerprint density at radius 3 is 2.54 bits per heavy atom. The van der Waals surface area contributed by atoms with E-state index in [2.05, 4.69) is 58.6 Å². The smallest absolute Gasteiger partial charge is 0.227 e. The van der Waals surface area contributed by atoms with E-state index in [1.54, 1.807) is 18.5 Å². The van der Waals surface area contributed by atoms with Gasteiger partial charge in [0.05, 0.1) is 12.7 Å². The molecule has 1 heterocycles. The summed E-state index contributed by atoms with van der Waals surface area (Å²) in [6.45, 7) is 2.79. The standard InChI is InChI=1S/C22H25N3O/c1-2-3-13-21(19-10-5-4-6-11-19)26-17-18-9-7-12-20(16-18)25-22-23-14-8-15-24-22/h4-12,14-16,21H,2-3,13,17H2,1H3,(H,23,24,25). The number of nitrogens with zero attached hydrogens (tertiary/aromatic N) is 2. The molecular formula is C22H25N3O. The monoisotopic (exact) mass is 347 g/mol. The number of hydrogen-bond donors (Lipinski definition) is 1. The first-order valence-electron chi connectivity index (χ1n) is 9.14. The molecule has 2 aromatic carbocycles. The predicted molar refractivity (Wildman–Crippen MR) is 105 cm³/mol. The zero-order valence-electron chi connectivity index (χ0n) is 15.1. The van der Waals surface area contributed by atoms with Gasteiger partial charge in [-0.1, -0.05) is 62.2 Å². The summed E-state index contributed by atoms with van der Waals surface area (Å²) in [6.07, 6.45) is 6.94. The van der Waals surface area contributed by atoms with Crippen molar-refractivity contribution in [1.82, 2.24) is 9.97 Å². The van der Waals surface area contributed by atoms with E-state index in [9.17, 15) is 0 Å². The van der Waals surface area contributed by atoms with Crippen LogP contribution < -0.4 is 5.32 Å². The van der Waals surface area contributed by atoms with E-state index in [1.165, 1.54) is 12.0 Å². The van der Waals surface area contributed by atoms with Crippen molar-refractivity contribution in [1.29, 1.82) is 0 Å². The number of ether oxygens (including phenoxy) is 1. The first kappa shape index (κ1) is 18.1. The third-order valence-corrected chi connectivity index (χ3v) is 4.19. The second kappa shape index (κ2) is 9.68. The molecule has 26 heavy (non-hydrogen) atoms. The lowest BCUT2D eigenvalue weighted by Gasteiger charge is -2.18. The lowest BCUT2D eigenvalue weighted by atomic mass is 10.0. The molecular weight excluding hydrogens is 322 g/mol. The van der Waals surface area contributed by atoms with Crippen LogP contribution in [0.25, 0.3) is 0 Å². The highest BCUT2D eigenvalue weighted by Crippen LogP contribution is 2.25. The minimum atomic E-state index is 0.130. The Bertz CT molecular complexity index is 778. The van der Waals surface area contributed by atoms with Crippen molar-refractivity contribution in [3.05, 3.63) is 84.2 Å². The number of benzene rings is 2. The Hall–Kier alpha value is -2.72. The Balaban J connectivity index is 1.64. The van der Waals surface area contributed by atoms with Gasteiger partial charge in [0.15, 0.2) is 0 Å². The van der Waals surface area contributed by atoms with Gasteiger partial charge in [-0.05, 0) is 35.7 Å². The first-order chi connectivity index (χ1) is 12.8. The molecule has 4 heteroatoms. The Labute approximate surface area is 155 Å². The van der Waals surface area contributed by atoms with Crippen molar-refractivity contribution in [2.75, 3.05) is 5.32 Å². The molecule has 1 unspecified atom stereocenters. The molecule has 4 nitrogen and oxygen atoms in total. The highest BCUT2D eigenvalue weighted by molar-refractivity contribution is 5.53. The normalized spacial score (nSPS) is 11.9. The summed E-state index contributed by atoms with van der Waals surface area (Å²) in [5, 5.41) is 3.22. The van der Waals surface area contributed by atoms with E-state index < -0.39 is 0 Å². The average molecular weight is 347 g/mol. The maximum atomic E-state index is 6.26. The van der Waals surface area contributed by atoms with Gasteiger partial charge in [0.1, 0.15) is 0 Å². The van der Waals surface area contributed by atoms with Gasteiger partial charge in [-0.15, -0.1) is 0 Å². The van der Waals surface area contributed by atoms with Crippen molar-refractivity contribution in [3.8, 4) is 0 Å². The van der Waals surface area contributed by atoms with Crippen LogP contribution >= 0.6 is 0 Å². The molecule has 1 aromatic heterocycles. The fourth-order valence-electron chi connectivity index (χ4n) is 2.83. The Morgan fingerprint density at radius 2 is 1.77 bits per heavy atom. The van der Waals surface area contributed by atoms with Gasteiger partial charge in [-0.3, -0.25) is 0 Å². The van der Waals surface area contributed by atoms with Crippen molar-refractivity contribution in [2.45, 2.75) is 38.9 Å². The van der Waals surface area contributed by atoms with E-state index in [0.29, 0.717) is 12.6 Å². The zero-order chi connectivity index (χ0) is 18.0. The van der Waals surface area contributed by atoms with Crippen LogP contribution in [0, 0.1) is 0 Å². The quantitative estimate of drug-likeness (QED) is 0.542. The van der Waals surface area contributed by atoms with Crippen LogP contribution in [0.4, 0.5) is 11.6 Å². The van der Waals surface area contributed by atoms with Gasteiger partial charge in [0, 0.05) is 18.1 Å². The van der Waals surface area contributed by atoms with E-state index in [-0.39, 0.29) is 6.10 Å². The van der Waals surface area contributed by atoms with Gasteiger partial charge in [-0.2, -0.15) is 0 Å². The van der Waals surface area contributed by atoms with E-state index in [1.807, 2.05) is 18.2 Å². The highest BCUT2D eigenvalue weighted by atomic mass is 16.5. The number of rotatable bonds is 9. The Kier molecular flexibility index (Phi) is 6.73. The summed E-state index contributed by atoms with van der Waals surface area (Å²) in [4.78, 5) is 8.40. The molecule has 1 N–H and O–H groups in total. The molecule has 0 saturated heterocycles. The molecule has 0 fully saturated rings. The lowest BCUT2D eigenvalue weighted by molar-refractivity contribution is 0.0324. The summed E-state index contributed by atoms with van der Waals surface area (Å²) in [5.41, 5.74) is 3.33. The highest BCUT2D eigenvalue weighted by Gasteiger charge is 2.11. The van der Waals surface area contributed by atoms with Crippen molar-refractivity contribution in [3.63, 3.8) is 0 Å². The fraction of sp³-hybridized carbons (Fsp3) is 0.273. The summed E-state index contributed by atoms with van der Waals surface area (Å²) in [6, 6.07) is 20.5. The van der Waals surface area contributed by atoms with Crippen LogP contribution in [0.2, 0.25) is 0 Å². The summed E-state index contributed by atoms with van der Waals surface area (Å²) in [7, 11) is 0.